The fraction of sp³-hybridized carbons (Fsp3) is 0.200. The molecule has 0 spiro atoms. The number of hydrogen-bond donors (Lipinski definition) is 1. The molecule has 0 aliphatic rings. The normalized spacial score (nSPS) is 10.7. The lowest BCUT2D eigenvalue weighted by Crippen LogP contribution is -2.08. The van der Waals surface area contributed by atoms with E-state index in [1.165, 1.54) is 49.2 Å². The topological polar surface area (TPSA) is 71.3 Å². The molecule has 0 atom stereocenters. The summed E-state index contributed by atoms with van der Waals surface area (Å²) in [4.78, 5) is 13.1. The molecule has 0 aromatic heterocycles. The standard InChI is InChI=1S/C20H18F2N2O3S/c1-26-17-13-14(7-9-16(17)27-20(21)22)8-10-19(25)24-15-5-2-3-6-18(15)28-12-4-11-23/h2-3,5-10,13,20H,4,12H2,1H3,(H,24,25). The molecular weight excluding hydrogens is 386 g/mol. The lowest BCUT2D eigenvalue weighted by molar-refractivity contribution is -0.111. The molecule has 0 aliphatic heterocycles. The van der Waals surface area contributed by atoms with Crippen LogP contribution in [0.5, 0.6) is 11.5 Å². The Hall–Kier alpha value is -3.05. The maximum absolute atomic E-state index is 12.4. The molecule has 0 saturated carbocycles. The van der Waals surface area contributed by atoms with Crippen molar-refractivity contribution < 1.29 is 23.0 Å². The third-order valence-corrected chi connectivity index (χ3v) is 4.52. The molecule has 0 saturated heterocycles. The number of carbonyl (C=O) groups excluding carboxylic acids is 1. The number of ether oxygens (including phenoxy) is 2. The number of para-hydroxylation sites is 1. The van der Waals surface area contributed by atoms with Crippen molar-refractivity contribution in [2.45, 2.75) is 17.9 Å². The van der Waals surface area contributed by atoms with Gasteiger partial charge in [-0.2, -0.15) is 14.0 Å². The zero-order chi connectivity index (χ0) is 20.4. The summed E-state index contributed by atoms with van der Waals surface area (Å²) in [5, 5.41) is 11.4. The molecule has 2 aromatic carbocycles. The second-order valence-corrected chi connectivity index (χ2v) is 6.50. The first-order chi connectivity index (χ1) is 13.5. The van der Waals surface area contributed by atoms with Gasteiger partial charge in [0.15, 0.2) is 11.5 Å². The van der Waals surface area contributed by atoms with Gasteiger partial charge in [0.1, 0.15) is 0 Å². The van der Waals surface area contributed by atoms with E-state index in [1.54, 1.807) is 12.1 Å². The molecule has 5 nitrogen and oxygen atoms in total. The highest BCUT2D eigenvalue weighted by atomic mass is 32.2. The summed E-state index contributed by atoms with van der Waals surface area (Å²) in [6.45, 7) is -2.95. The number of carbonyl (C=O) groups is 1. The van der Waals surface area contributed by atoms with E-state index in [9.17, 15) is 13.6 Å². The first kappa shape index (κ1) is 21.3. The van der Waals surface area contributed by atoms with Gasteiger partial charge in [-0.25, -0.2) is 0 Å². The third-order valence-electron chi connectivity index (χ3n) is 3.45. The molecule has 0 unspecified atom stereocenters. The van der Waals surface area contributed by atoms with Crippen molar-refractivity contribution in [3.8, 4) is 17.6 Å². The van der Waals surface area contributed by atoms with Gasteiger partial charge in [-0.15, -0.1) is 11.8 Å². The average Bonchev–Trinajstić information content (AvgIpc) is 2.68. The molecule has 1 amide bonds. The number of anilines is 1. The fourth-order valence-electron chi connectivity index (χ4n) is 2.23. The van der Waals surface area contributed by atoms with Crippen LogP contribution in [0.2, 0.25) is 0 Å². The number of nitrogens with one attached hydrogen (secondary N) is 1. The van der Waals surface area contributed by atoms with Crippen LogP contribution in [-0.2, 0) is 4.79 Å². The van der Waals surface area contributed by atoms with Gasteiger partial charge in [-0.3, -0.25) is 4.79 Å². The Morgan fingerprint density at radius 2 is 2.07 bits per heavy atom. The summed E-state index contributed by atoms with van der Waals surface area (Å²) < 4.78 is 34.1. The summed E-state index contributed by atoms with van der Waals surface area (Å²) in [6.07, 6.45) is 3.29. The monoisotopic (exact) mass is 404 g/mol. The van der Waals surface area contributed by atoms with Crippen molar-refractivity contribution in [1.82, 2.24) is 0 Å². The van der Waals surface area contributed by atoms with Crippen LogP contribution in [0.1, 0.15) is 12.0 Å². The molecule has 28 heavy (non-hydrogen) atoms. The van der Waals surface area contributed by atoms with Crippen LogP contribution in [0.25, 0.3) is 6.08 Å². The smallest absolute Gasteiger partial charge is 0.387 e. The van der Waals surface area contributed by atoms with Gasteiger partial charge in [0.05, 0.1) is 18.9 Å². The third kappa shape index (κ3) is 6.59. The first-order valence-corrected chi connectivity index (χ1v) is 9.22. The van der Waals surface area contributed by atoms with E-state index < -0.39 is 6.61 Å². The van der Waals surface area contributed by atoms with Crippen molar-refractivity contribution in [3.05, 3.63) is 54.1 Å². The molecule has 0 radical (unpaired) electrons. The Labute approximate surface area is 166 Å². The van der Waals surface area contributed by atoms with Crippen molar-refractivity contribution >= 4 is 29.4 Å². The SMILES string of the molecule is COc1cc(C=CC(=O)Nc2ccccc2SCCC#N)ccc1OC(F)F. The number of thioether (sulfide) groups is 1. The van der Waals surface area contributed by atoms with Crippen LogP contribution in [0.4, 0.5) is 14.5 Å². The summed E-state index contributed by atoms with van der Waals surface area (Å²) in [5.41, 5.74) is 1.24. The number of nitriles is 1. The van der Waals surface area contributed by atoms with Gasteiger partial charge >= 0.3 is 6.61 Å². The number of methoxy groups -OCH3 is 1. The lowest BCUT2D eigenvalue weighted by Gasteiger charge is -2.10. The van der Waals surface area contributed by atoms with Gasteiger partial charge in [0, 0.05) is 23.1 Å². The quantitative estimate of drug-likeness (QED) is 0.364. The molecule has 8 heteroatoms. The van der Waals surface area contributed by atoms with E-state index in [-0.39, 0.29) is 17.4 Å². The number of halogens is 2. The van der Waals surface area contributed by atoms with E-state index in [0.29, 0.717) is 23.4 Å². The van der Waals surface area contributed by atoms with E-state index >= 15 is 0 Å². The fourth-order valence-corrected chi connectivity index (χ4v) is 3.09. The van der Waals surface area contributed by atoms with Crippen molar-refractivity contribution in [2.75, 3.05) is 18.2 Å². The minimum absolute atomic E-state index is 0.0811. The number of alkyl halides is 2. The average molecular weight is 404 g/mol. The molecule has 0 heterocycles. The second kappa shape index (κ2) is 10.9. The number of nitrogens with zero attached hydrogens (tertiary/aromatic N) is 1. The van der Waals surface area contributed by atoms with E-state index in [1.807, 2.05) is 12.1 Å². The highest BCUT2D eigenvalue weighted by molar-refractivity contribution is 7.99. The Bertz CT molecular complexity index is 882. The van der Waals surface area contributed by atoms with E-state index in [0.717, 1.165) is 4.90 Å². The number of amides is 1. The van der Waals surface area contributed by atoms with Gasteiger partial charge < -0.3 is 14.8 Å². The lowest BCUT2D eigenvalue weighted by atomic mass is 10.2. The van der Waals surface area contributed by atoms with Crippen LogP contribution >= 0.6 is 11.8 Å². The van der Waals surface area contributed by atoms with Crippen LogP contribution in [0, 0.1) is 11.3 Å². The minimum atomic E-state index is -2.95. The van der Waals surface area contributed by atoms with Gasteiger partial charge in [-0.05, 0) is 35.9 Å². The maximum Gasteiger partial charge on any atom is 0.387 e. The van der Waals surface area contributed by atoms with Crippen LogP contribution in [-0.4, -0.2) is 25.4 Å². The predicted molar refractivity (Wildman–Crippen MR) is 105 cm³/mol. The predicted octanol–water partition coefficient (Wildman–Crippen LogP) is 4.95. The summed E-state index contributed by atoms with van der Waals surface area (Å²) in [6, 6.07) is 13.8. The van der Waals surface area contributed by atoms with Crippen molar-refractivity contribution in [1.29, 1.82) is 5.26 Å². The molecule has 0 aliphatic carbocycles. The molecule has 2 aromatic rings. The van der Waals surface area contributed by atoms with E-state index in [2.05, 4.69) is 16.1 Å². The van der Waals surface area contributed by atoms with E-state index in [4.69, 9.17) is 10.00 Å². The van der Waals surface area contributed by atoms with Crippen molar-refractivity contribution in [2.24, 2.45) is 0 Å². The highest BCUT2D eigenvalue weighted by Crippen LogP contribution is 2.30. The zero-order valence-electron chi connectivity index (χ0n) is 15.0. The summed E-state index contributed by atoms with van der Waals surface area (Å²) in [7, 11) is 1.34. The number of benzene rings is 2. The number of hydrogen-bond acceptors (Lipinski definition) is 5. The Balaban J connectivity index is 2.05. The molecule has 1 N–H and O–H groups in total. The Morgan fingerprint density at radius 3 is 2.79 bits per heavy atom. The van der Waals surface area contributed by atoms with Gasteiger partial charge in [0.25, 0.3) is 0 Å². The minimum Gasteiger partial charge on any atom is -0.493 e. The largest absolute Gasteiger partial charge is 0.493 e. The maximum atomic E-state index is 12.4. The Kier molecular flexibility index (Phi) is 8.31. The van der Waals surface area contributed by atoms with Crippen LogP contribution in [0.3, 0.4) is 0 Å². The zero-order valence-corrected chi connectivity index (χ0v) is 15.8. The van der Waals surface area contributed by atoms with Crippen LogP contribution < -0.4 is 14.8 Å². The summed E-state index contributed by atoms with van der Waals surface area (Å²) in [5.74, 6) is 0.344. The highest BCUT2D eigenvalue weighted by Gasteiger charge is 2.10. The summed E-state index contributed by atoms with van der Waals surface area (Å²) >= 11 is 1.49. The molecule has 0 fully saturated rings. The number of rotatable bonds is 9. The van der Waals surface area contributed by atoms with Crippen molar-refractivity contribution in [3.63, 3.8) is 0 Å². The second-order valence-electron chi connectivity index (χ2n) is 5.36. The van der Waals surface area contributed by atoms with Crippen LogP contribution in [0.15, 0.2) is 53.4 Å². The molecule has 146 valence electrons. The van der Waals surface area contributed by atoms with Gasteiger partial charge in [0.2, 0.25) is 5.91 Å². The van der Waals surface area contributed by atoms with Gasteiger partial charge in [-0.1, -0.05) is 18.2 Å². The molecule has 2 rings (SSSR count). The first-order valence-electron chi connectivity index (χ1n) is 8.24. The molecular formula is C20H18F2N2O3S. The molecule has 0 bridgehead atoms. The Morgan fingerprint density at radius 1 is 1.29 bits per heavy atom.